The summed E-state index contributed by atoms with van der Waals surface area (Å²) in [6.45, 7) is 6.77. The maximum absolute atomic E-state index is 12.1. The molecule has 0 radical (unpaired) electrons. The van der Waals surface area contributed by atoms with Crippen LogP contribution in [0.2, 0.25) is 5.02 Å². The Morgan fingerprint density at radius 3 is 2.65 bits per heavy atom. The summed E-state index contributed by atoms with van der Waals surface area (Å²) in [7, 11) is 2.15. The normalized spacial score (nSPS) is 16.0. The van der Waals surface area contributed by atoms with Gasteiger partial charge in [0, 0.05) is 17.6 Å². The first-order valence-corrected chi connectivity index (χ1v) is 9.53. The van der Waals surface area contributed by atoms with Gasteiger partial charge in [0.25, 0.3) is 0 Å². The maximum Gasteiger partial charge on any atom is 0.341 e. The van der Waals surface area contributed by atoms with E-state index in [1.54, 1.807) is 6.92 Å². The molecule has 1 saturated heterocycles. The van der Waals surface area contributed by atoms with Gasteiger partial charge in [-0.3, -0.25) is 4.98 Å². The first kappa shape index (κ1) is 18.9. The van der Waals surface area contributed by atoms with Crippen LogP contribution in [0.15, 0.2) is 18.3 Å². The van der Waals surface area contributed by atoms with E-state index in [2.05, 4.69) is 16.9 Å². The Morgan fingerprint density at radius 2 is 2.00 bits per heavy atom. The molecule has 0 spiro atoms. The van der Waals surface area contributed by atoms with Crippen LogP contribution in [-0.2, 0) is 4.74 Å². The number of fused-ring (bicyclic) bond motifs is 1. The molecule has 0 amide bonds. The van der Waals surface area contributed by atoms with Crippen molar-refractivity contribution < 1.29 is 14.3 Å². The van der Waals surface area contributed by atoms with Crippen molar-refractivity contribution in [1.29, 1.82) is 0 Å². The van der Waals surface area contributed by atoms with E-state index in [-0.39, 0.29) is 0 Å². The number of piperidine rings is 1. The minimum Gasteiger partial charge on any atom is -0.494 e. The number of rotatable bonds is 5. The quantitative estimate of drug-likeness (QED) is 0.729. The van der Waals surface area contributed by atoms with Gasteiger partial charge in [-0.2, -0.15) is 0 Å². The van der Waals surface area contributed by atoms with Gasteiger partial charge in [0.15, 0.2) is 0 Å². The van der Waals surface area contributed by atoms with Crippen molar-refractivity contribution >= 4 is 28.5 Å². The summed E-state index contributed by atoms with van der Waals surface area (Å²) in [5.74, 6) is 0.836. The number of esters is 1. The zero-order chi connectivity index (χ0) is 18.7. The molecule has 0 saturated carbocycles. The fraction of sp³-hybridized carbons (Fsp3) is 0.500. The second kappa shape index (κ2) is 8.23. The number of hydrogen-bond acceptors (Lipinski definition) is 5. The van der Waals surface area contributed by atoms with E-state index in [0.717, 1.165) is 48.1 Å². The minimum absolute atomic E-state index is 0.303. The average molecular weight is 377 g/mol. The van der Waals surface area contributed by atoms with Crippen LogP contribution in [0.4, 0.5) is 0 Å². The van der Waals surface area contributed by atoms with Crippen LogP contribution in [0.3, 0.4) is 0 Å². The minimum atomic E-state index is -0.443. The topological polar surface area (TPSA) is 51.7 Å². The predicted octanol–water partition coefficient (Wildman–Crippen LogP) is 4.27. The fourth-order valence-corrected chi connectivity index (χ4v) is 3.75. The standard InChI is InChI=1S/C20H25ClN2O3/c1-4-25-18-11-17-15(10-14(18)13-6-8-23(3)9-7-13)19(21)16(12-22-17)20(24)26-5-2/h10-13H,4-9H2,1-3H3. The van der Waals surface area contributed by atoms with Crippen LogP contribution < -0.4 is 4.74 Å². The molecule has 26 heavy (non-hydrogen) atoms. The average Bonchev–Trinajstić information content (AvgIpc) is 2.63. The van der Waals surface area contributed by atoms with Crippen LogP contribution in [0.25, 0.3) is 10.9 Å². The van der Waals surface area contributed by atoms with Crippen molar-refractivity contribution in [3.8, 4) is 5.75 Å². The fourth-order valence-electron chi connectivity index (χ4n) is 3.47. The number of benzene rings is 1. The van der Waals surface area contributed by atoms with E-state index in [1.807, 2.05) is 19.1 Å². The Morgan fingerprint density at radius 1 is 1.27 bits per heavy atom. The smallest absolute Gasteiger partial charge is 0.341 e. The lowest BCUT2D eigenvalue weighted by Gasteiger charge is -2.30. The largest absolute Gasteiger partial charge is 0.494 e. The summed E-state index contributed by atoms with van der Waals surface area (Å²) in [6.07, 6.45) is 3.63. The summed E-state index contributed by atoms with van der Waals surface area (Å²) in [6, 6.07) is 3.99. The zero-order valence-corrected chi connectivity index (χ0v) is 16.3. The van der Waals surface area contributed by atoms with Crippen LogP contribution >= 0.6 is 11.6 Å². The number of likely N-dealkylation sites (tertiary alicyclic amines) is 1. The van der Waals surface area contributed by atoms with Gasteiger partial charge in [-0.05, 0) is 64.4 Å². The Bertz CT molecular complexity index is 801. The van der Waals surface area contributed by atoms with Crippen molar-refractivity contribution in [3.63, 3.8) is 0 Å². The molecule has 2 aromatic rings. The van der Waals surface area contributed by atoms with Crippen LogP contribution in [-0.4, -0.2) is 49.2 Å². The first-order chi connectivity index (χ1) is 12.5. The molecule has 1 aromatic heterocycles. The van der Waals surface area contributed by atoms with Gasteiger partial charge in [0.1, 0.15) is 5.75 Å². The van der Waals surface area contributed by atoms with Crippen LogP contribution in [0.5, 0.6) is 5.75 Å². The monoisotopic (exact) mass is 376 g/mol. The molecule has 0 atom stereocenters. The highest BCUT2D eigenvalue weighted by Gasteiger charge is 2.24. The molecular formula is C20H25ClN2O3. The van der Waals surface area contributed by atoms with Gasteiger partial charge >= 0.3 is 5.97 Å². The lowest BCUT2D eigenvalue weighted by Crippen LogP contribution is -2.29. The van der Waals surface area contributed by atoms with E-state index < -0.39 is 5.97 Å². The zero-order valence-electron chi connectivity index (χ0n) is 15.5. The first-order valence-electron chi connectivity index (χ1n) is 9.15. The van der Waals surface area contributed by atoms with Crippen molar-refractivity contribution in [2.24, 2.45) is 0 Å². The Hall–Kier alpha value is -1.85. The van der Waals surface area contributed by atoms with E-state index in [1.165, 1.54) is 6.20 Å². The Labute approximate surface area is 159 Å². The number of carbonyl (C=O) groups excluding carboxylic acids is 1. The number of pyridine rings is 1. The number of nitrogens with zero attached hydrogens (tertiary/aromatic N) is 2. The second-order valence-corrected chi connectivity index (χ2v) is 7.00. The molecular weight excluding hydrogens is 352 g/mol. The van der Waals surface area contributed by atoms with Gasteiger partial charge in [0.2, 0.25) is 0 Å². The molecule has 0 N–H and O–H groups in total. The van der Waals surface area contributed by atoms with E-state index in [0.29, 0.717) is 29.7 Å². The third-order valence-corrected chi connectivity index (χ3v) is 5.29. The van der Waals surface area contributed by atoms with Gasteiger partial charge in [-0.1, -0.05) is 11.6 Å². The summed E-state index contributed by atoms with van der Waals surface area (Å²) < 4.78 is 11.0. The van der Waals surface area contributed by atoms with Crippen LogP contribution in [0, 0.1) is 0 Å². The molecule has 5 nitrogen and oxygen atoms in total. The summed E-state index contributed by atoms with van der Waals surface area (Å²) in [4.78, 5) is 18.9. The molecule has 140 valence electrons. The Balaban J connectivity index is 2.08. The van der Waals surface area contributed by atoms with E-state index >= 15 is 0 Å². The van der Waals surface area contributed by atoms with Crippen LogP contribution in [0.1, 0.15) is 48.5 Å². The molecule has 1 aliphatic heterocycles. The van der Waals surface area contributed by atoms with Crippen molar-refractivity contribution in [1.82, 2.24) is 9.88 Å². The van der Waals surface area contributed by atoms with Crippen molar-refractivity contribution in [2.75, 3.05) is 33.4 Å². The third kappa shape index (κ3) is 3.79. The number of aromatic nitrogens is 1. The molecule has 6 heteroatoms. The summed E-state index contributed by atoms with van der Waals surface area (Å²) in [5.41, 5.74) is 2.18. The SMILES string of the molecule is CCOC(=O)c1cnc2cc(OCC)c(C3CCN(C)CC3)cc2c1Cl. The summed E-state index contributed by atoms with van der Waals surface area (Å²) >= 11 is 6.55. The molecule has 0 unspecified atom stereocenters. The predicted molar refractivity (Wildman–Crippen MR) is 103 cm³/mol. The van der Waals surface area contributed by atoms with Gasteiger partial charge in [-0.15, -0.1) is 0 Å². The number of halogens is 1. The number of ether oxygens (including phenoxy) is 2. The van der Waals surface area contributed by atoms with Crippen molar-refractivity contribution in [3.05, 3.63) is 34.5 Å². The van der Waals surface area contributed by atoms with Gasteiger partial charge < -0.3 is 14.4 Å². The molecule has 0 bridgehead atoms. The molecule has 2 heterocycles. The van der Waals surface area contributed by atoms with E-state index in [9.17, 15) is 4.79 Å². The highest BCUT2D eigenvalue weighted by Crippen LogP contribution is 2.39. The van der Waals surface area contributed by atoms with Gasteiger partial charge in [-0.25, -0.2) is 4.79 Å². The molecule has 3 rings (SSSR count). The van der Waals surface area contributed by atoms with Gasteiger partial charge in [0.05, 0.1) is 29.3 Å². The molecule has 1 aliphatic rings. The Kier molecular flexibility index (Phi) is 5.99. The van der Waals surface area contributed by atoms with Crippen molar-refractivity contribution in [2.45, 2.75) is 32.6 Å². The molecule has 1 fully saturated rings. The highest BCUT2D eigenvalue weighted by atomic mass is 35.5. The number of hydrogen-bond donors (Lipinski definition) is 0. The van der Waals surface area contributed by atoms with E-state index in [4.69, 9.17) is 21.1 Å². The lowest BCUT2D eigenvalue weighted by atomic mass is 9.88. The summed E-state index contributed by atoms with van der Waals surface area (Å²) in [5, 5.41) is 1.17. The lowest BCUT2D eigenvalue weighted by molar-refractivity contribution is 0.0526. The third-order valence-electron chi connectivity index (χ3n) is 4.89. The maximum atomic E-state index is 12.1. The molecule has 0 aliphatic carbocycles. The number of carbonyl (C=O) groups is 1. The second-order valence-electron chi connectivity index (χ2n) is 6.62. The highest BCUT2D eigenvalue weighted by molar-refractivity contribution is 6.38. The molecule has 1 aromatic carbocycles.